The molecule has 3 rings (SSSR count). The molecule has 7 heteroatoms. The summed E-state index contributed by atoms with van der Waals surface area (Å²) < 4.78 is 1.42. The summed E-state index contributed by atoms with van der Waals surface area (Å²) in [6.07, 6.45) is 2.15. The van der Waals surface area contributed by atoms with E-state index in [0.717, 1.165) is 12.0 Å². The molecular weight excluding hydrogens is 380 g/mol. The smallest absolute Gasteiger partial charge is 0.329 e. The van der Waals surface area contributed by atoms with Crippen LogP contribution < -0.4 is 11.2 Å². The number of carbonyl (C=O) groups is 1. The predicted molar refractivity (Wildman–Crippen MR) is 118 cm³/mol. The molecule has 0 unspecified atom stereocenters. The van der Waals surface area contributed by atoms with Crippen LogP contribution in [0, 0.1) is 0 Å². The van der Waals surface area contributed by atoms with E-state index in [9.17, 15) is 14.4 Å². The number of H-pyrrole nitrogens is 1. The van der Waals surface area contributed by atoms with Gasteiger partial charge in [-0.15, -0.1) is 0 Å². The van der Waals surface area contributed by atoms with Gasteiger partial charge in [0, 0.05) is 26.3 Å². The molecule has 0 aliphatic rings. The number of nitrogens with zero attached hydrogens (tertiary/aromatic N) is 3. The van der Waals surface area contributed by atoms with E-state index in [4.69, 9.17) is 0 Å². The summed E-state index contributed by atoms with van der Waals surface area (Å²) in [5.41, 5.74) is 1.90. The molecule has 0 bridgehead atoms. The number of hydrogen-bond acceptors (Lipinski definition) is 4. The van der Waals surface area contributed by atoms with Crippen molar-refractivity contribution in [2.24, 2.45) is 0 Å². The standard InChI is InChI=1S/C23H28N4O3/c1-6-11-27-19-18(20(28)25-22(27)30)12-16(13-24-19)21(29)26(5)14-15-7-9-17(10-8-15)23(2,3)4/h7-10,12-13H,6,11,14H2,1-5H3,(H,25,28,30). The number of fused-ring (bicyclic) bond motifs is 1. The molecule has 2 aromatic heterocycles. The molecule has 158 valence electrons. The highest BCUT2D eigenvalue weighted by atomic mass is 16.2. The quantitative estimate of drug-likeness (QED) is 0.703. The molecule has 30 heavy (non-hydrogen) atoms. The summed E-state index contributed by atoms with van der Waals surface area (Å²) in [7, 11) is 1.71. The molecule has 0 fully saturated rings. The Labute approximate surface area is 175 Å². The van der Waals surface area contributed by atoms with Gasteiger partial charge in [-0.3, -0.25) is 19.1 Å². The maximum absolute atomic E-state index is 12.9. The van der Waals surface area contributed by atoms with Crippen LogP contribution in [0.2, 0.25) is 0 Å². The zero-order valence-electron chi connectivity index (χ0n) is 18.2. The topological polar surface area (TPSA) is 88.1 Å². The summed E-state index contributed by atoms with van der Waals surface area (Å²) in [6, 6.07) is 9.72. The number of amides is 1. The van der Waals surface area contributed by atoms with Gasteiger partial charge in [-0.2, -0.15) is 0 Å². The second kappa shape index (κ2) is 8.26. The lowest BCUT2D eigenvalue weighted by atomic mass is 9.87. The van der Waals surface area contributed by atoms with Gasteiger partial charge in [-0.25, -0.2) is 9.78 Å². The van der Waals surface area contributed by atoms with Gasteiger partial charge >= 0.3 is 5.69 Å². The number of aromatic amines is 1. The van der Waals surface area contributed by atoms with Crippen LogP contribution in [-0.2, 0) is 18.5 Å². The minimum absolute atomic E-state index is 0.0721. The number of hydrogen-bond donors (Lipinski definition) is 1. The Hall–Kier alpha value is -3.22. The zero-order chi connectivity index (χ0) is 22.1. The Morgan fingerprint density at radius 3 is 2.43 bits per heavy atom. The molecule has 0 saturated carbocycles. The Morgan fingerprint density at radius 1 is 1.17 bits per heavy atom. The fourth-order valence-electron chi connectivity index (χ4n) is 3.39. The Kier molecular flexibility index (Phi) is 5.92. The first-order chi connectivity index (χ1) is 14.1. The third-order valence-electron chi connectivity index (χ3n) is 5.11. The molecule has 0 saturated heterocycles. The molecule has 0 spiro atoms. The molecule has 0 aliphatic heterocycles. The largest absolute Gasteiger partial charge is 0.337 e. The van der Waals surface area contributed by atoms with E-state index in [-0.39, 0.29) is 16.7 Å². The number of aromatic nitrogens is 3. The van der Waals surface area contributed by atoms with Gasteiger partial charge in [0.2, 0.25) is 0 Å². The van der Waals surface area contributed by atoms with E-state index < -0.39 is 11.2 Å². The normalized spacial score (nSPS) is 11.6. The van der Waals surface area contributed by atoms with Crippen molar-refractivity contribution in [3.8, 4) is 0 Å². The Balaban J connectivity index is 1.87. The first-order valence-electron chi connectivity index (χ1n) is 10.1. The first kappa shape index (κ1) is 21.5. The second-order valence-electron chi connectivity index (χ2n) is 8.61. The van der Waals surface area contributed by atoms with Crippen molar-refractivity contribution in [2.45, 2.75) is 52.6 Å². The van der Waals surface area contributed by atoms with Crippen LogP contribution in [-0.4, -0.2) is 32.4 Å². The molecule has 0 aliphatic carbocycles. The number of pyridine rings is 1. The van der Waals surface area contributed by atoms with Crippen LogP contribution in [0.4, 0.5) is 0 Å². The maximum atomic E-state index is 12.9. The maximum Gasteiger partial charge on any atom is 0.329 e. The van der Waals surface area contributed by atoms with Gasteiger partial charge in [0.25, 0.3) is 11.5 Å². The van der Waals surface area contributed by atoms with Crippen molar-refractivity contribution < 1.29 is 4.79 Å². The lowest BCUT2D eigenvalue weighted by molar-refractivity contribution is 0.0785. The third kappa shape index (κ3) is 4.35. The average Bonchev–Trinajstić information content (AvgIpc) is 2.70. The fraction of sp³-hybridized carbons (Fsp3) is 0.391. The van der Waals surface area contributed by atoms with Crippen molar-refractivity contribution >= 4 is 16.9 Å². The number of rotatable bonds is 5. The zero-order valence-corrected chi connectivity index (χ0v) is 18.2. The van der Waals surface area contributed by atoms with Crippen LogP contribution in [0.15, 0.2) is 46.1 Å². The molecular formula is C23H28N4O3. The highest BCUT2D eigenvalue weighted by Gasteiger charge is 2.17. The fourth-order valence-corrected chi connectivity index (χ4v) is 3.39. The average molecular weight is 409 g/mol. The summed E-state index contributed by atoms with van der Waals surface area (Å²) in [4.78, 5) is 45.4. The van der Waals surface area contributed by atoms with Crippen molar-refractivity contribution in [3.63, 3.8) is 0 Å². The SMILES string of the molecule is CCCn1c(=O)[nH]c(=O)c2cc(C(=O)N(C)Cc3ccc(C(C)(C)C)cc3)cnc21. The molecule has 1 N–H and O–H groups in total. The molecule has 3 aromatic rings. The summed E-state index contributed by atoms with van der Waals surface area (Å²) in [5.74, 6) is -0.239. The van der Waals surface area contributed by atoms with Crippen LogP contribution in [0.3, 0.4) is 0 Å². The van der Waals surface area contributed by atoms with E-state index in [2.05, 4.69) is 42.9 Å². The molecule has 1 aromatic carbocycles. The second-order valence-corrected chi connectivity index (χ2v) is 8.61. The molecule has 1 amide bonds. The molecule has 7 nitrogen and oxygen atoms in total. The highest BCUT2D eigenvalue weighted by molar-refractivity contribution is 5.96. The molecule has 2 heterocycles. The first-order valence-corrected chi connectivity index (χ1v) is 10.1. The highest BCUT2D eigenvalue weighted by Crippen LogP contribution is 2.22. The van der Waals surface area contributed by atoms with E-state index in [1.165, 1.54) is 22.4 Å². The van der Waals surface area contributed by atoms with Crippen LogP contribution in [0.1, 0.15) is 55.6 Å². The van der Waals surface area contributed by atoms with Gasteiger partial charge in [-0.1, -0.05) is 52.0 Å². The van der Waals surface area contributed by atoms with Gasteiger partial charge < -0.3 is 4.90 Å². The van der Waals surface area contributed by atoms with Crippen LogP contribution >= 0.6 is 0 Å². The van der Waals surface area contributed by atoms with Crippen molar-refractivity contribution in [3.05, 3.63) is 74.1 Å². The van der Waals surface area contributed by atoms with E-state index in [1.807, 2.05) is 19.1 Å². The molecule has 0 radical (unpaired) electrons. The minimum Gasteiger partial charge on any atom is -0.337 e. The Bertz CT molecular complexity index is 1180. The van der Waals surface area contributed by atoms with E-state index in [1.54, 1.807) is 11.9 Å². The van der Waals surface area contributed by atoms with Gasteiger partial charge in [-0.05, 0) is 29.0 Å². The summed E-state index contributed by atoms with van der Waals surface area (Å²) in [6.45, 7) is 9.29. The lowest BCUT2D eigenvalue weighted by Gasteiger charge is -2.21. The van der Waals surface area contributed by atoms with Crippen molar-refractivity contribution in [2.75, 3.05) is 7.05 Å². The number of benzene rings is 1. The third-order valence-corrected chi connectivity index (χ3v) is 5.11. The van der Waals surface area contributed by atoms with E-state index in [0.29, 0.717) is 24.3 Å². The minimum atomic E-state index is -0.537. The van der Waals surface area contributed by atoms with Gasteiger partial charge in [0.1, 0.15) is 5.65 Å². The van der Waals surface area contributed by atoms with Crippen molar-refractivity contribution in [1.29, 1.82) is 0 Å². The summed E-state index contributed by atoms with van der Waals surface area (Å²) in [5, 5.41) is 0.233. The van der Waals surface area contributed by atoms with E-state index >= 15 is 0 Å². The van der Waals surface area contributed by atoms with Gasteiger partial charge in [0.05, 0.1) is 10.9 Å². The van der Waals surface area contributed by atoms with Crippen LogP contribution in [0.5, 0.6) is 0 Å². The number of nitrogens with one attached hydrogen (secondary N) is 1. The van der Waals surface area contributed by atoms with Crippen molar-refractivity contribution in [1.82, 2.24) is 19.4 Å². The number of carbonyl (C=O) groups excluding carboxylic acids is 1. The van der Waals surface area contributed by atoms with Gasteiger partial charge in [0.15, 0.2) is 0 Å². The monoisotopic (exact) mass is 408 g/mol. The molecule has 0 atom stereocenters. The predicted octanol–water partition coefficient (Wildman–Crippen LogP) is 3.06. The Morgan fingerprint density at radius 2 is 1.83 bits per heavy atom. The summed E-state index contributed by atoms with van der Waals surface area (Å²) >= 11 is 0. The van der Waals surface area contributed by atoms with Crippen LogP contribution in [0.25, 0.3) is 11.0 Å². The lowest BCUT2D eigenvalue weighted by Crippen LogP contribution is -2.31. The number of aryl methyl sites for hydroxylation is 1.